The molecule has 1 aliphatic rings. The predicted octanol–water partition coefficient (Wildman–Crippen LogP) is 2.45. The quantitative estimate of drug-likeness (QED) is 0.579. The second kappa shape index (κ2) is 8.93. The summed E-state index contributed by atoms with van der Waals surface area (Å²) in [5.41, 5.74) is 0. The van der Waals surface area contributed by atoms with Gasteiger partial charge in [0, 0.05) is 6.04 Å². The Morgan fingerprint density at radius 1 is 1.27 bits per heavy atom. The molecule has 1 fully saturated rings. The molecule has 1 amide bonds. The predicted molar refractivity (Wildman–Crippen MR) is 85.3 cm³/mol. The van der Waals surface area contributed by atoms with Crippen molar-refractivity contribution in [3.8, 4) is 0 Å². The van der Waals surface area contributed by atoms with Crippen LogP contribution in [0.3, 0.4) is 0 Å². The Hall–Kier alpha value is -1.36. The minimum atomic E-state index is -0.813. The minimum Gasteiger partial charge on any atom is -0.451 e. The molecule has 1 aliphatic carbocycles. The second-order valence-electron chi connectivity index (χ2n) is 6.23. The number of carbonyl (C=O) groups excluding carboxylic acids is 2. The Kier molecular flexibility index (Phi) is 7.59. The first-order valence-electron chi connectivity index (χ1n) is 8.10. The molecule has 0 heterocycles. The van der Waals surface area contributed by atoms with Gasteiger partial charge in [-0.25, -0.2) is 4.79 Å². The van der Waals surface area contributed by atoms with Crippen LogP contribution in [-0.2, 0) is 19.1 Å². The first-order valence-corrected chi connectivity index (χ1v) is 8.10. The van der Waals surface area contributed by atoms with E-state index in [1.165, 1.54) is 6.42 Å². The molecule has 5 atom stereocenters. The summed E-state index contributed by atoms with van der Waals surface area (Å²) >= 11 is 0. The second-order valence-corrected chi connectivity index (χ2v) is 6.23. The van der Waals surface area contributed by atoms with Crippen LogP contribution in [0.5, 0.6) is 0 Å². The van der Waals surface area contributed by atoms with Gasteiger partial charge in [-0.05, 0) is 32.1 Å². The Morgan fingerprint density at radius 3 is 2.59 bits per heavy atom. The van der Waals surface area contributed by atoms with E-state index in [4.69, 9.17) is 9.47 Å². The van der Waals surface area contributed by atoms with Gasteiger partial charge >= 0.3 is 5.97 Å². The molecule has 5 nitrogen and oxygen atoms in total. The lowest BCUT2D eigenvalue weighted by atomic mass is 9.78. The largest absolute Gasteiger partial charge is 0.451 e. The van der Waals surface area contributed by atoms with Gasteiger partial charge in [0.2, 0.25) is 0 Å². The molecule has 5 unspecified atom stereocenters. The van der Waals surface area contributed by atoms with E-state index in [2.05, 4.69) is 25.7 Å². The fourth-order valence-electron chi connectivity index (χ4n) is 2.69. The van der Waals surface area contributed by atoms with Gasteiger partial charge in [-0.2, -0.15) is 0 Å². The Balaban J connectivity index is 2.44. The normalized spacial score (nSPS) is 27.5. The van der Waals surface area contributed by atoms with Gasteiger partial charge in [0.05, 0.1) is 6.61 Å². The summed E-state index contributed by atoms with van der Waals surface area (Å²) in [6.07, 6.45) is 3.35. The molecule has 1 saturated carbocycles. The van der Waals surface area contributed by atoms with Gasteiger partial charge in [0.15, 0.2) is 12.2 Å². The molecule has 0 spiro atoms. The first-order chi connectivity index (χ1) is 10.4. The molecule has 0 saturated heterocycles. The number of nitrogens with one attached hydrogen (secondary N) is 1. The summed E-state index contributed by atoms with van der Waals surface area (Å²) in [4.78, 5) is 24.0. The van der Waals surface area contributed by atoms with E-state index in [1.807, 2.05) is 0 Å². The number of amides is 1. The molecular weight excluding hydrogens is 282 g/mol. The van der Waals surface area contributed by atoms with Crippen molar-refractivity contribution in [2.24, 2.45) is 11.8 Å². The van der Waals surface area contributed by atoms with E-state index in [9.17, 15) is 9.59 Å². The number of carbonyl (C=O) groups is 2. The fraction of sp³-hybridized carbons (Fsp3) is 0.765. The van der Waals surface area contributed by atoms with Crippen molar-refractivity contribution in [1.82, 2.24) is 5.32 Å². The van der Waals surface area contributed by atoms with Gasteiger partial charge in [-0.1, -0.05) is 32.8 Å². The fourth-order valence-corrected chi connectivity index (χ4v) is 2.69. The van der Waals surface area contributed by atoms with Crippen molar-refractivity contribution < 1.29 is 19.1 Å². The van der Waals surface area contributed by atoms with Gasteiger partial charge in [0.1, 0.15) is 0 Å². The maximum Gasteiger partial charge on any atom is 0.335 e. The van der Waals surface area contributed by atoms with Gasteiger partial charge in [-0.15, -0.1) is 6.58 Å². The topological polar surface area (TPSA) is 64.6 Å². The van der Waals surface area contributed by atoms with Crippen LogP contribution in [0.2, 0.25) is 0 Å². The first kappa shape index (κ1) is 18.7. The highest BCUT2D eigenvalue weighted by atomic mass is 16.6. The Labute approximate surface area is 133 Å². The molecule has 5 heteroatoms. The standard InChI is InChI=1S/C17H29NO4/c1-6-10-21-14(5)17(20)22-13(4)16(19)18-15-9-7-8-11(2)12(15)3/h6,11-15H,1,7-10H2,2-5H3,(H,18,19). The lowest BCUT2D eigenvalue weighted by Crippen LogP contribution is -2.48. The third-order valence-electron chi connectivity index (χ3n) is 4.49. The van der Waals surface area contributed by atoms with Gasteiger partial charge in [0.25, 0.3) is 5.91 Å². The highest BCUT2D eigenvalue weighted by Crippen LogP contribution is 2.29. The monoisotopic (exact) mass is 311 g/mol. The zero-order chi connectivity index (χ0) is 16.7. The summed E-state index contributed by atoms with van der Waals surface area (Å²) in [7, 11) is 0. The van der Waals surface area contributed by atoms with Crippen molar-refractivity contribution in [3.63, 3.8) is 0 Å². The highest BCUT2D eigenvalue weighted by molar-refractivity contribution is 5.84. The average Bonchev–Trinajstić information content (AvgIpc) is 2.49. The van der Waals surface area contributed by atoms with Crippen molar-refractivity contribution in [2.45, 2.75) is 65.2 Å². The van der Waals surface area contributed by atoms with Crippen LogP contribution in [0, 0.1) is 11.8 Å². The van der Waals surface area contributed by atoms with Crippen molar-refractivity contribution in [1.29, 1.82) is 0 Å². The molecule has 22 heavy (non-hydrogen) atoms. The number of ether oxygens (including phenoxy) is 2. The maximum absolute atomic E-state index is 12.2. The van der Waals surface area contributed by atoms with Crippen LogP contribution in [0.4, 0.5) is 0 Å². The van der Waals surface area contributed by atoms with Crippen molar-refractivity contribution in [2.75, 3.05) is 6.61 Å². The molecule has 0 aromatic heterocycles. The third kappa shape index (κ3) is 5.44. The summed E-state index contributed by atoms with van der Waals surface area (Å²) in [6.45, 7) is 11.4. The van der Waals surface area contributed by atoms with E-state index in [-0.39, 0.29) is 18.6 Å². The third-order valence-corrected chi connectivity index (χ3v) is 4.49. The lowest BCUT2D eigenvalue weighted by Gasteiger charge is -2.35. The summed E-state index contributed by atoms with van der Waals surface area (Å²) < 4.78 is 10.4. The molecule has 0 aromatic carbocycles. The number of rotatable bonds is 7. The average molecular weight is 311 g/mol. The van der Waals surface area contributed by atoms with E-state index in [0.29, 0.717) is 11.8 Å². The maximum atomic E-state index is 12.2. The molecule has 0 radical (unpaired) electrons. The zero-order valence-electron chi connectivity index (χ0n) is 14.1. The van der Waals surface area contributed by atoms with Crippen molar-refractivity contribution >= 4 is 11.9 Å². The van der Waals surface area contributed by atoms with Crippen LogP contribution in [0.15, 0.2) is 12.7 Å². The van der Waals surface area contributed by atoms with Crippen LogP contribution in [-0.4, -0.2) is 36.7 Å². The molecule has 1 N–H and O–H groups in total. The Bertz CT molecular complexity index is 396. The molecule has 0 aliphatic heterocycles. The molecule has 0 bridgehead atoms. The number of hydrogen-bond acceptors (Lipinski definition) is 4. The van der Waals surface area contributed by atoms with E-state index >= 15 is 0 Å². The van der Waals surface area contributed by atoms with Crippen LogP contribution in [0.25, 0.3) is 0 Å². The van der Waals surface area contributed by atoms with E-state index in [1.54, 1.807) is 19.9 Å². The zero-order valence-corrected chi connectivity index (χ0v) is 14.1. The van der Waals surface area contributed by atoms with E-state index < -0.39 is 18.2 Å². The summed E-state index contributed by atoms with van der Waals surface area (Å²) in [5.74, 6) is 0.268. The molecule has 1 rings (SSSR count). The molecule has 126 valence electrons. The van der Waals surface area contributed by atoms with Crippen LogP contribution >= 0.6 is 0 Å². The number of esters is 1. The van der Waals surface area contributed by atoms with E-state index in [0.717, 1.165) is 12.8 Å². The molecule has 0 aromatic rings. The molecular formula is C17H29NO4. The SMILES string of the molecule is C=CCOC(C)C(=O)OC(C)C(=O)NC1CCCC(C)C1C. The number of hydrogen-bond donors (Lipinski definition) is 1. The minimum absolute atomic E-state index is 0.159. The lowest BCUT2D eigenvalue weighted by molar-refractivity contribution is -0.164. The van der Waals surface area contributed by atoms with Gasteiger partial charge < -0.3 is 14.8 Å². The summed E-state index contributed by atoms with van der Waals surface area (Å²) in [5, 5.41) is 3.01. The Morgan fingerprint density at radius 2 is 1.95 bits per heavy atom. The van der Waals surface area contributed by atoms with Crippen molar-refractivity contribution in [3.05, 3.63) is 12.7 Å². The summed E-state index contributed by atoms with van der Waals surface area (Å²) in [6, 6.07) is 0.159. The van der Waals surface area contributed by atoms with Crippen LogP contribution in [0.1, 0.15) is 47.0 Å². The van der Waals surface area contributed by atoms with Gasteiger partial charge in [-0.3, -0.25) is 4.79 Å². The highest BCUT2D eigenvalue weighted by Gasteiger charge is 2.30. The van der Waals surface area contributed by atoms with Crippen LogP contribution < -0.4 is 5.32 Å². The smallest absolute Gasteiger partial charge is 0.335 e.